The molecule has 1 amide bonds. The number of carbonyl (C=O) groups excluding carboxylic acids is 1. The van der Waals surface area contributed by atoms with Crippen LogP contribution in [0.2, 0.25) is 0 Å². The molecule has 7 heteroatoms. The molecule has 20 heavy (non-hydrogen) atoms. The van der Waals surface area contributed by atoms with Crippen LogP contribution in [0.4, 0.5) is 5.69 Å². The van der Waals surface area contributed by atoms with E-state index in [1.54, 1.807) is 21.8 Å². The molecule has 2 aromatic heterocycles. The maximum Gasteiger partial charge on any atom is 0.246 e. The van der Waals surface area contributed by atoms with Gasteiger partial charge in [0.25, 0.3) is 0 Å². The van der Waals surface area contributed by atoms with Crippen molar-refractivity contribution in [2.75, 3.05) is 11.9 Å². The first-order valence-corrected chi connectivity index (χ1v) is 6.49. The van der Waals surface area contributed by atoms with Crippen molar-refractivity contribution >= 4 is 11.6 Å². The lowest BCUT2D eigenvalue weighted by Gasteiger charge is -2.04. The Morgan fingerprint density at radius 3 is 2.90 bits per heavy atom. The van der Waals surface area contributed by atoms with Crippen LogP contribution in [0.3, 0.4) is 0 Å². The number of nitrogens with one attached hydrogen (secondary N) is 1. The van der Waals surface area contributed by atoms with Crippen LogP contribution in [0.15, 0.2) is 18.5 Å². The standard InChI is InChI=1S/C13H19N5O2/c1-4-20-9-17-7-12(6-14-17)15-13(19)8-18-11(3)5-10(2)16-18/h5-7H,4,8-9H2,1-3H3,(H,15,19). The molecule has 2 heterocycles. The van der Waals surface area contributed by atoms with Crippen molar-refractivity contribution in [1.29, 1.82) is 0 Å². The van der Waals surface area contributed by atoms with Gasteiger partial charge in [-0.15, -0.1) is 0 Å². The summed E-state index contributed by atoms with van der Waals surface area (Å²) >= 11 is 0. The highest BCUT2D eigenvalue weighted by atomic mass is 16.5. The van der Waals surface area contributed by atoms with Crippen molar-refractivity contribution in [2.24, 2.45) is 0 Å². The number of ether oxygens (including phenoxy) is 1. The van der Waals surface area contributed by atoms with Gasteiger partial charge in [0, 0.05) is 12.3 Å². The number of aromatic nitrogens is 4. The van der Waals surface area contributed by atoms with Gasteiger partial charge in [-0.2, -0.15) is 10.2 Å². The first-order valence-electron chi connectivity index (χ1n) is 6.49. The van der Waals surface area contributed by atoms with Gasteiger partial charge in [0.15, 0.2) is 0 Å². The van der Waals surface area contributed by atoms with E-state index in [1.807, 2.05) is 26.8 Å². The van der Waals surface area contributed by atoms with E-state index in [0.29, 0.717) is 19.0 Å². The molecule has 0 aliphatic rings. The predicted octanol–water partition coefficient (Wildman–Crippen LogP) is 1.33. The molecule has 1 N–H and O–H groups in total. The summed E-state index contributed by atoms with van der Waals surface area (Å²) in [6, 6.07) is 1.94. The van der Waals surface area contributed by atoms with E-state index in [4.69, 9.17) is 4.74 Å². The van der Waals surface area contributed by atoms with Crippen molar-refractivity contribution in [2.45, 2.75) is 34.0 Å². The van der Waals surface area contributed by atoms with E-state index in [1.165, 1.54) is 0 Å². The van der Waals surface area contributed by atoms with Gasteiger partial charge in [0.05, 0.1) is 23.8 Å². The maximum absolute atomic E-state index is 11.9. The molecule has 0 spiro atoms. The van der Waals surface area contributed by atoms with E-state index < -0.39 is 0 Å². The van der Waals surface area contributed by atoms with Gasteiger partial charge >= 0.3 is 0 Å². The molecule has 0 saturated carbocycles. The van der Waals surface area contributed by atoms with Crippen LogP contribution in [-0.4, -0.2) is 32.1 Å². The van der Waals surface area contributed by atoms with Crippen LogP contribution < -0.4 is 5.32 Å². The van der Waals surface area contributed by atoms with Crippen molar-refractivity contribution in [3.05, 3.63) is 29.8 Å². The Bertz CT molecular complexity index is 587. The highest BCUT2D eigenvalue weighted by Gasteiger charge is 2.08. The zero-order valence-corrected chi connectivity index (χ0v) is 12.0. The Morgan fingerprint density at radius 1 is 1.45 bits per heavy atom. The molecule has 2 rings (SSSR count). The molecule has 0 atom stereocenters. The van der Waals surface area contributed by atoms with Crippen LogP contribution >= 0.6 is 0 Å². The van der Waals surface area contributed by atoms with Crippen molar-refractivity contribution in [3.8, 4) is 0 Å². The second-order valence-corrected chi connectivity index (χ2v) is 4.52. The monoisotopic (exact) mass is 277 g/mol. The first-order chi connectivity index (χ1) is 9.58. The molecule has 0 aromatic carbocycles. The van der Waals surface area contributed by atoms with E-state index >= 15 is 0 Å². The summed E-state index contributed by atoms with van der Waals surface area (Å²) in [7, 11) is 0. The molecule has 0 aliphatic carbocycles. The molecular formula is C13H19N5O2. The Hall–Kier alpha value is -2.15. The third-order valence-electron chi connectivity index (χ3n) is 2.74. The lowest BCUT2D eigenvalue weighted by atomic mass is 10.4. The molecule has 0 unspecified atom stereocenters. The Balaban J connectivity index is 1.91. The Kier molecular flexibility index (Phi) is 4.52. The van der Waals surface area contributed by atoms with E-state index in [2.05, 4.69) is 15.5 Å². The topological polar surface area (TPSA) is 74.0 Å². The van der Waals surface area contributed by atoms with Crippen molar-refractivity contribution in [1.82, 2.24) is 19.6 Å². The zero-order valence-electron chi connectivity index (χ0n) is 12.0. The normalized spacial score (nSPS) is 10.8. The fourth-order valence-electron chi connectivity index (χ4n) is 1.86. The van der Waals surface area contributed by atoms with Gasteiger partial charge in [0.2, 0.25) is 5.91 Å². The molecule has 0 aliphatic heterocycles. The average Bonchev–Trinajstić information content (AvgIpc) is 2.94. The van der Waals surface area contributed by atoms with Crippen molar-refractivity contribution in [3.63, 3.8) is 0 Å². The largest absolute Gasteiger partial charge is 0.360 e. The number of anilines is 1. The lowest BCUT2D eigenvalue weighted by Crippen LogP contribution is -2.20. The summed E-state index contributed by atoms with van der Waals surface area (Å²) in [4.78, 5) is 11.9. The van der Waals surface area contributed by atoms with E-state index in [-0.39, 0.29) is 12.5 Å². The van der Waals surface area contributed by atoms with Crippen LogP contribution in [0.1, 0.15) is 18.3 Å². The van der Waals surface area contributed by atoms with Crippen LogP contribution in [0, 0.1) is 13.8 Å². The average molecular weight is 277 g/mol. The second kappa shape index (κ2) is 6.33. The number of aryl methyl sites for hydroxylation is 2. The number of amides is 1. The Labute approximate surface area is 117 Å². The first kappa shape index (κ1) is 14.3. The lowest BCUT2D eigenvalue weighted by molar-refractivity contribution is -0.116. The molecular weight excluding hydrogens is 258 g/mol. The molecule has 2 aromatic rings. The summed E-state index contributed by atoms with van der Waals surface area (Å²) in [5, 5.41) is 11.1. The van der Waals surface area contributed by atoms with Gasteiger partial charge in [-0.3, -0.25) is 9.48 Å². The number of hydrogen-bond donors (Lipinski definition) is 1. The summed E-state index contributed by atoms with van der Waals surface area (Å²) in [5.74, 6) is -0.132. The number of hydrogen-bond acceptors (Lipinski definition) is 4. The minimum absolute atomic E-state index is 0.132. The third-order valence-corrected chi connectivity index (χ3v) is 2.74. The quantitative estimate of drug-likeness (QED) is 0.864. The summed E-state index contributed by atoms with van der Waals surface area (Å²) in [6.45, 7) is 6.94. The molecule has 0 bridgehead atoms. The molecule has 0 radical (unpaired) electrons. The van der Waals surface area contributed by atoms with Crippen LogP contribution in [0.5, 0.6) is 0 Å². The predicted molar refractivity (Wildman–Crippen MR) is 74.2 cm³/mol. The molecule has 0 saturated heterocycles. The van der Waals surface area contributed by atoms with Gasteiger partial charge in [-0.05, 0) is 26.8 Å². The van der Waals surface area contributed by atoms with Crippen LogP contribution in [0.25, 0.3) is 0 Å². The zero-order chi connectivity index (χ0) is 14.5. The van der Waals surface area contributed by atoms with Gasteiger partial charge in [0.1, 0.15) is 13.3 Å². The number of nitrogens with zero attached hydrogens (tertiary/aromatic N) is 4. The molecule has 0 fully saturated rings. The van der Waals surface area contributed by atoms with E-state index in [0.717, 1.165) is 11.4 Å². The highest BCUT2D eigenvalue weighted by molar-refractivity contribution is 5.90. The smallest absolute Gasteiger partial charge is 0.246 e. The summed E-state index contributed by atoms with van der Waals surface area (Å²) < 4.78 is 8.53. The van der Waals surface area contributed by atoms with Gasteiger partial charge in [-0.1, -0.05) is 0 Å². The number of carbonyl (C=O) groups is 1. The maximum atomic E-state index is 11.9. The molecule has 108 valence electrons. The fraction of sp³-hybridized carbons (Fsp3) is 0.462. The molecule has 7 nitrogen and oxygen atoms in total. The van der Waals surface area contributed by atoms with E-state index in [9.17, 15) is 4.79 Å². The second-order valence-electron chi connectivity index (χ2n) is 4.52. The third kappa shape index (κ3) is 3.67. The highest BCUT2D eigenvalue weighted by Crippen LogP contribution is 2.06. The minimum atomic E-state index is -0.132. The van der Waals surface area contributed by atoms with Gasteiger partial charge < -0.3 is 10.1 Å². The summed E-state index contributed by atoms with van der Waals surface area (Å²) in [5.41, 5.74) is 2.51. The van der Waals surface area contributed by atoms with Crippen molar-refractivity contribution < 1.29 is 9.53 Å². The SMILES string of the molecule is CCOCn1cc(NC(=O)Cn2nc(C)cc2C)cn1. The summed E-state index contributed by atoms with van der Waals surface area (Å²) in [6.07, 6.45) is 3.33. The Morgan fingerprint density at radius 2 is 2.25 bits per heavy atom. The van der Waals surface area contributed by atoms with Crippen LogP contribution in [-0.2, 0) is 22.8 Å². The number of rotatable bonds is 6. The van der Waals surface area contributed by atoms with Gasteiger partial charge in [-0.25, -0.2) is 4.68 Å². The fourth-order valence-corrected chi connectivity index (χ4v) is 1.86. The minimum Gasteiger partial charge on any atom is -0.360 e.